The van der Waals surface area contributed by atoms with Crippen LogP contribution in [0.4, 0.5) is 0 Å². The Morgan fingerprint density at radius 3 is 2.41 bits per heavy atom. The molecule has 0 atom stereocenters. The standard InChI is InChI=1S/C26H25N5O3/c1-18-11-12-22(16-19(18)2)31-26(34)30(17-20-8-4-3-5-9-20)25(33)23(29-31)24(32)28-15-13-21-10-6-7-14-27-21/h3-12,14,16H,13,15,17H2,1-2H3,(H,28,32). The first-order valence-corrected chi connectivity index (χ1v) is 11.0. The van der Waals surface area contributed by atoms with Gasteiger partial charge in [-0.25, -0.2) is 4.79 Å². The molecule has 0 fully saturated rings. The quantitative estimate of drug-likeness (QED) is 0.462. The van der Waals surface area contributed by atoms with Gasteiger partial charge in [0.2, 0.25) is 5.69 Å². The zero-order chi connectivity index (χ0) is 24.1. The fourth-order valence-corrected chi connectivity index (χ4v) is 3.52. The lowest BCUT2D eigenvalue weighted by atomic mass is 10.1. The van der Waals surface area contributed by atoms with Crippen molar-refractivity contribution in [3.05, 3.63) is 122 Å². The van der Waals surface area contributed by atoms with Gasteiger partial charge in [0.25, 0.3) is 11.5 Å². The third kappa shape index (κ3) is 5.01. The predicted octanol–water partition coefficient (Wildman–Crippen LogP) is 2.43. The summed E-state index contributed by atoms with van der Waals surface area (Å²) in [7, 11) is 0. The number of carbonyl (C=O) groups is 1. The molecule has 0 saturated carbocycles. The van der Waals surface area contributed by atoms with E-state index >= 15 is 0 Å². The Labute approximate surface area is 196 Å². The molecule has 8 heteroatoms. The maximum absolute atomic E-state index is 13.3. The van der Waals surface area contributed by atoms with Gasteiger partial charge in [-0.05, 0) is 54.8 Å². The topological polar surface area (TPSA) is 98.9 Å². The van der Waals surface area contributed by atoms with E-state index in [1.807, 2.05) is 74.5 Å². The number of hydrogen-bond donors (Lipinski definition) is 1. The summed E-state index contributed by atoms with van der Waals surface area (Å²) in [6, 6.07) is 20.1. The van der Waals surface area contributed by atoms with Gasteiger partial charge in [0.1, 0.15) is 0 Å². The van der Waals surface area contributed by atoms with Crippen LogP contribution in [0.1, 0.15) is 32.9 Å². The van der Waals surface area contributed by atoms with Crippen LogP contribution in [0.5, 0.6) is 0 Å². The summed E-state index contributed by atoms with van der Waals surface area (Å²) in [6.07, 6.45) is 2.18. The van der Waals surface area contributed by atoms with Gasteiger partial charge in [-0.3, -0.25) is 19.1 Å². The van der Waals surface area contributed by atoms with Crippen LogP contribution in [0.3, 0.4) is 0 Å². The molecular formula is C26H25N5O3. The van der Waals surface area contributed by atoms with E-state index in [-0.39, 0.29) is 18.8 Å². The molecule has 34 heavy (non-hydrogen) atoms. The van der Waals surface area contributed by atoms with Crippen molar-refractivity contribution in [1.29, 1.82) is 0 Å². The van der Waals surface area contributed by atoms with Crippen molar-refractivity contribution in [1.82, 2.24) is 24.6 Å². The summed E-state index contributed by atoms with van der Waals surface area (Å²) in [6.45, 7) is 4.19. The fraction of sp³-hybridized carbons (Fsp3) is 0.192. The van der Waals surface area contributed by atoms with E-state index < -0.39 is 17.2 Å². The molecule has 0 saturated heterocycles. The maximum Gasteiger partial charge on any atom is 0.352 e. The molecule has 0 unspecified atom stereocenters. The normalized spacial score (nSPS) is 10.8. The number of pyridine rings is 1. The minimum Gasteiger partial charge on any atom is -0.350 e. The summed E-state index contributed by atoms with van der Waals surface area (Å²) < 4.78 is 2.16. The van der Waals surface area contributed by atoms with Crippen LogP contribution in [0.15, 0.2) is 82.5 Å². The molecule has 0 aliphatic carbocycles. The molecule has 1 N–H and O–H groups in total. The Bertz CT molecular complexity index is 1430. The zero-order valence-corrected chi connectivity index (χ0v) is 19.1. The van der Waals surface area contributed by atoms with Gasteiger partial charge in [-0.15, -0.1) is 0 Å². The van der Waals surface area contributed by atoms with Gasteiger partial charge in [-0.1, -0.05) is 42.5 Å². The highest BCUT2D eigenvalue weighted by atomic mass is 16.2. The number of nitrogens with zero attached hydrogens (tertiary/aromatic N) is 4. The van der Waals surface area contributed by atoms with Gasteiger partial charge in [0.05, 0.1) is 12.2 Å². The Balaban J connectivity index is 1.73. The van der Waals surface area contributed by atoms with Crippen molar-refractivity contribution in [2.75, 3.05) is 6.54 Å². The maximum atomic E-state index is 13.3. The molecule has 0 aliphatic heterocycles. The van der Waals surface area contributed by atoms with E-state index in [0.717, 1.165) is 31.6 Å². The van der Waals surface area contributed by atoms with Crippen molar-refractivity contribution in [2.24, 2.45) is 0 Å². The molecule has 4 rings (SSSR count). The average Bonchev–Trinajstić information content (AvgIpc) is 2.85. The smallest absolute Gasteiger partial charge is 0.350 e. The van der Waals surface area contributed by atoms with Gasteiger partial charge in [0.15, 0.2) is 0 Å². The van der Waals surface area contributed by atoms with Crippen LogP contribution in [0.2, 0.25) is 0 Å². The first-order valence-electron chi connectivity index (χ1n) is 11.0. The number of benzene rings is 2. The molecule has 0 aliphatic rings. The van der Waals surface area contributed by atoms with Crippen molar-refractivity contribution >= 4 is 5.91 Å². The van der Waals surface area contributed by atoms with E-state index in [1.54, 1.807) is 12.3 Å². The highest BCUT2D eigenvalue weighted by Gasteiger charge is 2.20. The highest BCUT2D eigenvalue weighted by Crippen LogP contribution is 2.12. The summed E-state index contributed by atoms with van der Waals surface area (Å²) in [5, 5.41) is 6.91. The lowest BCUT2D eigenvalue weighted by Gasteiger charge is -2.13. The average molecular weight is 456 g/mol. The predicted molar refractivity (Wildman–Crippen MR) is 129 cm³/mol. The second-order valence-electron chi connectivity index (χ2n) is 8.02. The number of hydrogen-bond acceptors (Lipinski definition) is 5. The van der Waals surface area contributed by atoms with Crippen LogP contribution in [0, 0.1) is 13.8 Å². The fourth-order valence-electron chi connectivity index (χ4n) is 3.52. The van der Waals surface area contributed by atoms with Crippen LogP contribution < -0.4 is 16.6 Å². The Morgan fingerprint density at radius 2 is 1.71 bits per heavy atom. The van der Waals surface area contributed by atoms with E-state index in [2.05, 4.69) is 15.4 Å². The Kier molecular flexibility index (Phi) is 6.77. The van der Waals surface area contributed by atoms with E-state index in [9.17, 15) is 14.4 Å². The van der Waals surface area contributed by atoms with Crippen LogP contribution in [0.25, 0.3) is 5.69 Å². The summed E-state index contributed by atoms with van der Waals surface area (Å²) in [5.41, 5.74) is 2.41. The van der Waals surface area contributed by atoms with Crippen LogP contribution in [-0.4, -0.2) is 31.8 Å². The summed E-state index contributed by atoms with van der Waals surface area (Å²) in [5.74, 6) is -0.639. The first kappa shape index (κ1) is 22.8. The van der Waals surface area contributed by atoms with E-state index in [0.29, 0.717) is 12.1 Å². The minimum atomic E-state index is -0.732. The lowest BCUT2D eigenvalue weighted by Crippen LogP contribution is -2.46. The van der Waals surface area contributed by atoms with Gasteiger partial charge in [0, 0.05) is 24.9 Å². The number of nitrogens with one attached hydrogen (secondary N) is 1. The molecule has 0 bridgehead atoms. The SMILES string of the molecule is Cc1ccc(-n2nc(C(=O)NCCc3ccccn3)c(=O)n(Cc3ccccc3)c2=O)cc1C. The Hall–Kier alpha value is -4.33. The second kappa shape index (κ2) is 10.1. The van der Waals surface area contributed by atoms with Crippen molar-refractivity contribution < 1.29 is 4.79 Å². The highest BCUT2D eigenvalue weighted by molar-refractivity contribution is 5.91. The molecule has 172 valence electrons. The van der Waals surface area contributed by atoms with Crippen LogP contribution in [-0.2, 0) is 13.0 Å². The number of aromatic nitrogens is 4. The molecule has 8 nitrogen and oxygen atoms in total. The van der Waals surface area contributed by atoms with Crippen LogP contribution >= 0.6 is 0 Å². The zero-order valence-electron chi connectivity index (χ0n) is 19.1. The summed E-state index contributed by atoms with van der Waals surface area (Å²) in [4.78, 5) is 43.7. The number of amides is 1. The molecular weight excluding hydrogens is 430 g/mol. The second-order valence-corrected chi connectivity index (χ2v) is 8.02. The van der Waals surface area contributed by atoms with Crippen molar-refractivity contribution in [3.8, 4) is 5.69 Å². The number of rotatable bonds is 7. The first-order chi connectivity index (χ1) is 16.4. The molecule has 4 aromatic rings. The largest absolute Gasteiger partial charge is 0.352 e. The van der Waals surface area contributed by atoms with E-state index in [4.69, 9.17) is 0 Å². The molecule has 0 spiro atoms. The Morgan fingerprint density at radius 1 is 0.941 bits per heavy atom. The molecule has 2 aromatic carbocycles. The molecule has 2 heterocycles. The molecule has 0 radical (unpaired) electrons. The number of aryl methyl sites for hydroxylation is 2. The summed E-state index contributed by atoms with van der Waals surface area (Å²) >= 11 is 0. The molecule has 2 aromatic heterocycles. The number of carbonyl (C=O) groups excluding carboxylic acids is 1. The third-order valence-electron chi connectivity index (χ3n) is 5.59. The monoisotopic (exact) mass is 455 g/mol. The van der Waals surface area contributed by atoms with Crippen molar-refractivity contribution in [3.63, 3.8) is 0 Å². The van der Waals surface area contributed by atoms with Gasteiger partial charge < -0.3 is 5.32 Å². The lowest BCUT2D eigenvalue weighted by molar-refractivity contribution is 0.0944. The molecule has 1 amide bonds. The van der Waals surface area contributed by atoms with Crippen molar-refractivity contribution in [2.45, 2.75) is 26.8 Å². The van der Waals surface area contributed by atoms with E-state index in [1.165, 1.54) is 0 Å². The van der Waals surface area contributed by atoms with Gasteiger partial charge >= 0.3 is 5.69 Å². The third-order valence-corrected chi connectivity index (χ3v) is 5.59. The van der Waals surface area contributed by atoms with Gasteiger partial charge in [-0.2, -0.15) is 9.78 Å². The minimum absolute atomic E-state index is 0.0279.